The summed E-state index contributed by atoms with van der Waals surface area (Å²) in [6.45, 7) is 1.64. The average Bonchev–Trinajstić information content (AvgIpc) is 3.61. The molecule has 2 aliphatic rings. The van der Waals surface area contributed by atoms with Crippen LogP contribution in [0.2, 0.25) is 0 Å². The number of halogens is 1. The van der Waals surface area contributed by atoms with Gasteiger partial charge >= 0.3 is 0 Å². The van der Waals surface area contributed by atoms with Crippen molar-refractivity contribution in [1.82, 2.24) is 9.80 Å². The number of hydrogen-bond donors (Lipinski definition) is 0. The van der Waals surface area contributed by atoms with Crippen LogP contribution in [0.25, 0.3) is 6.08 Å². The van der Waals surface area contributed by atoms with Gasteiger partial charge in [-0.2, -0.15) is 0 Å². The van der Waals surface area contributed by atoms with E-state index in [9.17, 15) is 14.0 Å². The molecule has 2 fully saturated rings. The Balaban J connectivity index is 1.32. The van der Waals surface area contributed by atoms with Gasteiger partial charge < -0.3 is 9.80 Å². The quantitative estimate of drug-likeness (QED) is 0.673. The second kappa shape index (κ2) is 9.24. The minimum Gasteiger partial charge on any atom is -0.339 e. The Morgan fingerprint density at radius 1 is 1.00 bits per heavy atom. The largest absolute Gasteiger partial charge is 0.339 e. The molecular weight excluding hydrogens is 379 g/mol. The van der Waals surface area contributed by atoms with E-state index in [1.165, 1.54) is 12.1 Å². The van der Waals surface area contributed by atoms with Gasteiger partial charge in [0.25, 0.3) is 0 Å². The summed E-state index contributed by atoms with van der Waals surface area (Å²) in [6.07, 6.45) is 6.82. The Labute approximate surface area is 177 Å². The smallest absolute Gasteiger partial charge is 0.246 e. The Kier molecular flexibility index (Phi) is 6.26. The summed E-state index contributed by atoms with van der Waals surface area (Å²) in [4.78, 5) is 29.4. The molecule has 2 aromatic carbocycles. The van der Waals surface area contributed by atoms with Gasteiger partial charge in [0.15, 0.2) is 0 Å². The Bertz CT molecular complexity index is 916. The number of likely N-dealkylation sites (tertiary alicyclic amines) is 1. The maximum absolute atomic E-state index is 13.5. The topological polar surface area (TPSA) is 40.6 Å². The first-order chi connectivity index (χ1) is 14.6. The normalized spacial score (nSPS) is 17.3. The number of amides is 2. The lowest BCUT2D eigenvalue weighted by atomic mass is 9.94. The second-order valence-corrected chi connectivity index (χ2v) is 8.17. The first-order valence-corrected chi connectivity index (χ1v) is 10.7. The van der Waals surface area contributed by atoms with Crippen molar-refractivity contribution in [2.24, 2.45) is 5.92 Å². The molecule has 0 radical (unpaired) electrons. The fourth-order valence-corrected chi connectivity index (χ4v) is 4.02. The van der Waals surface area contributed by atoms with E-state index in [1.807, 2.05) is 52.3 Å². The van der Waals surface area contributed by atoms with Crippen LogP contribution in [-0.4, -0.2) is 40.7 Å². The van der Waals surface area contributed by atoms with Crippen molar-refractivity contribution in [3.8, 4) is 0 Å². The lowest BCUT2D eigenvalue weighted by molar-refractivity contribution is -0.140. The maximum atomic E-state index is 13.5. The van der Waals surface area contributed by atoms with Gasteiger partial charge in [0.1, 0.15) is 5.82 Å². The standard InChI is InChI=1S/C25H27FN2O2/c26-22-8-4-7-20(17-22)18-28(23-10-11-23)25(30)21-13-15-27(16-14-21)24(29)12-9-19-5-2-1-3-6-19/h1-9,12,17,21,23H,10-11,13-16,18H2. The molecule has 1 saturated carbocycles. The summed E-state index contributed by atoms with van der Waals surface area (Å²) in [5, 5.41) is 0. The average molecular weight is 407 g/mol. The molecule has 2 aromatic rings. The summed E-state index contributed by atoms with van der Waals surface area (Å²) in [5.74, 6) is -0.204. The molecule has 2 amide bonds. The predicted molar refractivity (Wildman–Crippen MR) is 115 cm³/mol. The first-order valence-electron chi connectivity index (χ1n) is 10.7. The van der Waals surface area contributed by atoms with Gasteiger partial charge in [-0.1, -0.05) is 42.5 Å². The van der Waals surface area contributed by atoms with Crippen LogP contribution in [0.4, 0.5) is 4.39 Å². The molecule has 4 rings (SSSR count). The molecule has 156 valence electrons. The van der Waals surface area contributed by atoms with Crippen molar-refractivity contribution < 1.29 is 14.0 Å². The molecule has 0 spiro atoms. The van der Waals surface area contributed by atoms with Crippen molar-refractivity contribution in [3.63, 3.8) is 0 Å². The zero-order chi connectivity index (χ0) is 20.9. The highest BCUT2D eigenvalue weighted by Crippen LogP contribution is 2.32. The third-order valence-electron chi connectivity index (χ3n) is 5.89. The number of nitrogens with zero attached hydrogens (tertiary/aromatic N) is 2. The van der Waals surface area contributed by atoms with Gasteiger partial charge in [-0.05, 0) is 55.0 Å². The molecule has 1 aliphatic carbocycles. The van der Waals surface area contributed by atoms with Crippen LogP contribution < -0.4 is 0 Å². The Hall–Kier alpha value is -2.95. The lowest BCUT2D eigenvalue weighted by Gasteiger charge is -2.34. The van der Waals surface area contributed by atoms with E-state index in [0.717, 1.165) is 24.0 Å². The number of rotatable bonds is 6. The van der Waals surface area contributed by atoms with E-state index in [0.29, 0.717) is 32.5 Å². The van der Waals surface area contributed by atoms with Gasteiger partial charge in [-0.15, -0.1) is 0 Å². The molecule has 30 heavy (non-hydrogen) atoms. The van der Waals surface area contributed by atoms with E-state index in [4.69, 9.17) is 0 Å². The van der Waals surface area contributed by atoms with Crippen molar-refractivity contribution >= 4 is 17.9 Å². The maximum Gasteiger partial charge on any atom is 0.246 e. The molecule has 0 unspecified atom stereocenters. The molecule has 1 heterocycles. The summed E-state index contributed by atoms with van der Waals surface area (Å²) >= 11 is 0. The van der Waals surface area contributed by atoms with Crippen LogP contribution in [0, 0.1) is 11.7 Å². The second-order valence-electron chi connectivity index (χ2n) is 8.17. The van der Waals surface area contributed by atoms with Gasteiger partial charge in [0.05, 0.1) is 0 Å². The minimum absolute atomic E-state index is 0.0106. The zero-order valence-corrected chi connectivity index (χ0v) is 17.0. The third-order valence-corrected chi connectivity index (χ3v) is 5.89. The zero-order valence-electron chi connectivity index (χ0n) is 17.0. The van der Waals surface area contributed by atoms with Crippen LogP contribution in [0.15, 0.2) is 60.7 Å². The van der Waals surface area contributed by atoms with Crippen molar-refractivity contribution in [2.75, 3.05) is 13.1 Å². The number of benzene rings is 2. The fourth-order valence-electron chi connectivity index (χ4n) is 4.02. The van der Waals surface area contributed by atoms with Crippen LogP contribution in [-0.2, 0) is 16.1 Å². The summed E-state index contributed by atoms with van der Waals surface area (Å²) < 4.78 is 13.5. The predicted octanol–water partition coefficient (Wildman–Crippen LogP) is 4.27. The van der Waals surface area contributed by atoms with Crippen LogP contribution in [0.1, 0.15) is 36.8 Å². The molecule has 0 N–H and O–H groups in total. The summed E-state index contributed by atoms with van der Waals surface area (Å²) in [6, 6.07) is 16.5. The molecule has 0 aromatic heterocycles. The number of carbonyl (C=O) groups excluding carboxylic acids is 2. The monoisotopic (exact) mass is 406 g/mol. The molecule has 1 aliphatic heterocycles. The molecule has 4 nitrogen and oxygen atoms in total. The Morgan fingerprint density at radius 2 is 1.73 bits per heavy atom. The molecular formula is C25H27FN2O2. The van der Waals surface area contributed by atoms with E-state index in [1.54, 1.807) is 12.1 Å². The Morgan fingerprint density at radius 3 is 2.40 bits per heavy atom. The van der Waals surface area contributed by atoms with E-state index < -0.39 is 0 Å². The van der Waals surface area contributed by atoms with Crippen molar-refractivity contribution in [3.05, 3.63) is 77.6 Å². The molecule has 0 bridgehead atoms. The third kappa shape index (κ3) is 5.15. The van der Waals surface area contributed by atoms with Crippen LogP contribution >= 0.6 is 0 Å². The highest BCUT2D eigenvalue weighted by Gasteiger charge is 2.37. The molecule has 1 saturated heterocycles. The van der Waals surface area contributed by atoms with Gasteiger partial charge in [-0.25, -0.2) is 4.39 Å². The summed E-state index contributed by atoms with van der Waals surface area (Å²) in [7, 11) is 0. The van der Waals surface area contributed by atoms with E-state index in [2.05, 4.69) is 0 Å². The summed E-state index contributed by atoms with van der Waals surface area (Å²) in [5.41, 5.74) is 1.82. The van der Waals surface area contributed by atoms with Gasteiger partial charge in [-0.3, -0.25) is 9.59 Å². The fraction of sp³-hybridized carbons (Fsp3) is 0.360. The molecule has 5 heteroatoms. The van der Waals surface area contributed by atoms with Gasteiger partial charge in [0.2, 0.25) is 11.8 Å². The minimum atomic E-state index is -0.272. The van der Waals surface area contributed by atoms with E-state index >= 15 is 0 Å². The molecule has 0 atom stereocenters. The van der Waals surface area contributed by atoms with Crippen molar-refractivity contribution in [1.29, 1.82) is 0 Å². The van der Waals surface area contributed by atoms with Gasteiger partial charge in [0, 0.05) is 37.7 Å². The first kappa shape index (κ1) is 20.3. The number of carbonyl (C=O) groups is 2. The van der Waals surface area contributed by atoms with Crippen LogP contribution in [0.3, 0.4) is 0 Å². The van der Waals surface area contributed by atoms with Crippen LogP contribution in [0.5, 0.6) is 0 Å². The highest BCUT2D eigenvalue weighted by atomic mass is 19.1. The SMILES string of the molecule is O=C(C=Cc1ccccc1)N1CCC(C(=O)N(Cc2cccc(F)c2)C2CC2)CC1. The van der Waals surface area contributed by atoms with E-state index in [-0.39, 0.29) is 29.6 Å². The number of piperidine rings is 1. The van der Waals surface area contributed by atoms with Crippen molar-refractivity contribution in [2.45, 2.75) is 38.3 Å². The highest BCUT2D eigenvalue weighted by molar-refractivity contribution is 5.92. The number of hydrogen-bond acceptors (Lipinski definition) is 2. The lowest BCUT2D eigenvalue weighted by Crippen LogP contribution is -2.44.